The van der Waals surface area contributed by atoms with Crippen LogP contribution in [0.3, 0.4) is 0 Å². The molecule has 2 rings (SSSR count). The van der Waals surface area contributed by atoms with Crippen LogP contribution in [0, 0.1) is 11.3 Å². The Morgan fingerprint density at radius 1 is 1.32 bits per heavy atom. The van der Waals surface area contributed by atoms with Gasteiger partial charge in [-0.15, -0.1) is 0 Å². The Morgan fingerprint density at radius 3 is 2.53 bits per heavy atom. The molecule has 0 aromatic carbocycles. The minimum Gasteiger partial charge on any atom is -0.367 e. The van der Waals surface area contributed by atoms with Gasteiger partial charge in [-0.25, -0.2) is 4.98 Å². The number of nitrogens with zero attached hydrogens (tertiary/aromatic N) is 3. The molecule has 0 atom stereocenters. The van der Waals surface area contributed by atoms with Crippen molar-refractivity contribution in [3.8, 4) is 6.07 Å². The van der Waals surface area contributed by atoms with Gasteiger partial charge in [-0.3, -0.25) is 4.90 Å². The first-order valence-corrected chi connectivity index (χ1v) is 6.57. The normalized spacial score (nSPS) is 21.8. The molecule has 1 aromatic heterocycles. The van der Waals surface area contributed by atoms with E-state index < -0.39 is 0 Å². The van der Waals surface area contributed by atoms with Crippen molar-refractivity contribution in [1.29, 1.82) is 5.26 Å². The summed E-state index contributed by atoms with van der Waals surface area (Å²) in [7, 11) is 0. The lowest BCUT2D eigenvalue weighted by Gasteiger charge is -2.47. The summed E-state index contributed by atoms with van der Waals surface area (Å²) in [6.45, 7) is 11.1. The summed E-state index contributed by atoms with van der Waals surface area (Å²) in [5.41, 5.74) is 1.31. The van der Waals surface area contributed by atoms with Crippen LogP contribution in [-0.4, -0.2) is 34.2 Å². The fraction of sp³-hybridized carbons (Fsp3) is 0.600. The van der Waals surface area contributed by atoms with Crippen molar-refractivity contribution in [2.75, 3.05) is 13.1 Å². The Balaban J connectivity index is 2.12. The van der Waals surface area contributed by atoms with Gasteiger partial charge >= 0.3 is 0 Å². The first kappa shape index (κ1) is 14.0. The van der Waals surface area contributed by atoms with E-state index in [1.165, 1.54) is 0 Å². The molecule has 0 amide bonds. The molecule has 0 spiro atoms. The highest BCUT2D eigenvalue weighted by atomic mass is 16.5. The average molecular weight is 259 g/mol. The minimum atomic E-state index is -0.146. The van der Waals surface area contributed by atoms with Gasteiger partial charge in [0.15, 0.2) is 0 Å². The van der Waals surface area contributed by atoms with Crippen LogP contribution in [0.25, 0.3) is 0 Å². The van der Waals surface area contributed by atoms with Crippen LogP contribution in [0.1, 0.15) is 39.0 Å². The van der Waals surface area contributed by atoms with E-state index in [9.17, 15) is 0 Å². The van der Waals surface area contributed by atoms with Gasteiger partial charge in [-0.1, -0.05) is 0 Å². The number of rotatable bonds is 2. The summed E-state index contributed by atoms with van der Waals surface area (Å²) >= 11 is 0. The van der Waals surface area contributed by atoms with Gasteiger partial charge in [0.25, 0.3) is 0 Å². The first-order valence-electron chi connectivity index (χ1n) is 6.57. The van der Waals surface area contributed by atoms with E-state index in [2.05, 4.69) is 43.6 Å². The summed E-state index contributed by atoms with van der Waals surface area (Å²) in [6, 6.07) is 5.91. The maximum absolute atomic E-state index is 8.89. The van der Waals surface area contributed by atoms with Gasteiger partial charge in [-0.2, -0.15) is 5.26 Å². The van der Waals surface area contributed by atoms with Crippen molar-refractivity contribution in [2.45, 2.75) is 45.4 Å². The van der Waals surface area contributed by atoms with Crippen molar-refractivity contribution >= 4 is 0 Å². The predicted octanol–water partition coefficient (Wildman–Crippen LogP) is 2.34. The molecule has 0 radical (unpaired) electrons. The molecular formula is C15H21N3O. The molecule has 1 saturated heterocycles. The van der Waals surface area contributed by atoms with Crippen LogP contribution in [0.2, 0.25) is 0 Å². The van der Waals surface area contributed by atoms with Crippen LogP contribution < -0.4 is 0 Å². The van der Waals surface area contributed by atoms with Crippen molar-refractivity contribution in [2.24, 2.45) is 0 Å². The number of hydrogen-bond acceptors (Lipinski definition) is 4. The van der Waals surface area contributed by atoms with E-state index >= 15 is 0 Å². The Morgan fingerprint density at radius 2 is 1.95 bits per heavy atom. The Hall–Kier alpha value is -1.44. The Bertz CT molecular complexity index is 486. The van der Waals surface area contributed by atoms with E-state index in [4.69, 9.17) is 10.00 Å². The second-order valence-corrected chi connectivity index (χ2v) is 6.43. The topological polar surface area (TPSA) is 49.2 Å². The summed E-state index contributed by atoms with van der Waals surface area (Å²) < 4.78 is 6.07. The monoisotopic (exact) mass is 259 g/mol. The lowest BCUT2D eigenvalue weighted by molar-refractivity contribution is -0.182. The zero-order valence-electron chi connectivity index (χ0n) is 12.1. The lowest BCUT2D eigenvalue weighted by atomic mass is 9.98. The van der Waals surface area contributed by atoms with Crippen LogP contribution in [0.4, 0.5) is 0 Å². The maximum Gasteiger partial charge on any atom is 0.140 e. The molecule has 2 heterocycles. The molecule has 1 fully saturated rings. The Labute approximate surface area is 115 Å². The number of morpholine rings is 1. The third-order valence-electron chi connectivity index (χ3n) is 3.11. The highest BCUT2D eigenvalue weighted by molar-refractivity contribution is 5.25. The molecule has 1 aliphatic rings. The molecule has 1 aromatic rings. The molecule has 0 N–H and O–H groups in total. The van der Waals surface area contributed by atoms with E-state index in [1.807, 2.05) is 12.1 Å². The zero-order chi connectivity index (χ0) is 14.1. The quantitative estimate of drug-likeness (QED) is 0.818. The molecule has 4 heteroatoms. The molecule has 4 nitrogen and oxygen atoms in total. The van der Waals surface area contributed by atoms with Gasteiger partial charge < -0.3 is 4.74 Å². The molecule has 0 unspecified atom stereocenters. The second kappa shape index (κ2) is 4.92. The standard InChI is InChI=1S/C15H21N3O/c1-14(2)10-18(11-15(3,4)19-14)9-12-5-6-17-13(7-12)8-16/h5-7H,9-11H2,1-4H3. The highest BCUT2D eigenvalue weighted by Gasteiger charge is 2.37. The smallest absolute Gasteiger partial charge is 0.140 e. The van der Waals surface area contributed by atoms with Gasteiger partial charge in [0.1, 0.15) is 11.8 Å². The minimum absolute atomic E-state index is 0.146. The third-order valence-corrected chi connectivity index (χ3v) is 3.11. The van der Waals surface area contributed by atoms with Crippen LogP contribution in [0.5, 0.6) is 0 Å². The molecule has 0 bridgehead atoms. The zero-order valence-corrected chi connectivity index (χ0v) is 12.1. The van der Waals surface area contributed by atoms with Gasteiger partial charge in [0.2, 0.25) is 0 Å². The average Bonchev–Trinajstić information content (AvgIpc) is 2.24. The molecule has 1 aliphatic heterocycles. The molecule has 102 valence electrons. The molecule has 0 aliphatic carbocycles. The molecular weight excluding hydrogens is 238 g/mol. The van der Waals surface area contributed by atoms with E-state index in [0.717, 1.165) is 25.2 Å². The fourth-order valence-electron chi connectivity index (χ4n) is 2.95. The van der Waals surface area contributed by atoms with Crippen molar-refractivity contribution < 1.29 is 4.74 Å². The third kappa shape index (κ3) is 3.76. The Kier molecular flexibility index (Phi) is 3.62. The predicted molar refractivity (Wildman–Crippen MR) is 73.5 cm³/mol. The molecule has 19 heavy (non-hydrogen) atoms. The summed E-state index contributed by atoms with van der Waals surface area (Å²) in [4.78, 5) is 6.38. The second-order valence-electron chi connectivity index (χ2n) is 6.43. The van der Waals surface area contributed by atoms with Crippen molar-refractivity contribution in [1.82, 2.24) is 9.88 Å². The lowest BCUT2D eigenvalue weighted by Crippen LogP contribution is -2.56. The van der Waals surface area contributed by atoms with Gasteiger partial charge in [-0.05, 0) is 45.4 Å². The summed E-state index contributed by atoms with van der Waals surface area (Å²) in [6.07, 6.45) is 1.70. The first-order chi connectivity index (χ1) is 8.80. The van der Waals surface area contributed by atoms with E-state index in [-0.39, 0.29) is 11.2 Å². The van der Waals surface area contributed by atoms with E-state index in [1.54, 1.807) is 6.20 Å². The SMILES string of the molecule is CC1(C)CN(Cc2ccnc(C#N)c2)CC(C)(C)O1. The number of pyridine rings is 1. The van der Waals surface area contributed by atoms with Gasteiger partial charge in [0.05, 0.1) is 11.2 Å². The highest BCUT2D eigenvalue weighted by Crippen LogP contribution is 2.28. The number of aromatic nitrogens is 1. The number of nitriles is 1. The molecule has 0 saturated carbocycles. The fourth-order valence-corrected chi connectivity index (χ4v) is 2.95. The van der Waals surface area contributed by atoms with Crippen LogP contribution >= 0.6 is 0 Å². The number of ether oxygens (including phenoxy) is 1. The van der Waals surface area contributed by atoms with Gasteiger partial charge in [0, 0.05) is 25.8 Å². The van der Waals surface area contributed by atoms with Crippen LogP contribution in [-0.2, 0) is 11.3 Å². The summed E-state index contributed by atoms with van der Waals surface area (Å²) in [5, 5.41) is 8.89. The van der Waals surface area contributed by atoms with Crippen molar-refractivity contribution in [3.05, 3.63) is 29.6 Å². The number of hydrogen-bond donors (Lipinski definition) is 0. The largest absolute Gasteiger partial charge is 0.367 e. The van der Waals surface area contributed by atoms with Crippen molar-refractivity contribution in [3.63, 3.8) is 0 Å². The van der Waals surface area contributed by atoms with Crippen LogP contribution in [0.15, 0.2) is 18.3 Å². The maximum atomic E-state index is 8.89. The summed E-state index contributed by atoms with van der Waals surface area (Å²) in [5.74, 6) is 0. The van der Waals surface area contributed by atoms with E-state index in [0.29, 0.717) is 5.69 Å².